The molecule has 0 saturated carbocycles. The van der Waals surface area contributed by atoms with E-state index in [0.717, 1.165) is 13.0 Å². The summed E-state index contributed by atoms with van der Waals surface area (Å²) in [5, 5.41) is 11.7. The number of amides is 1. The molecule has 1 aliphatic rings. The Balaban J connectivity index is 2.57. The fourth-order valence-corrected chi connectivity index (χ4v) is 1.74. The van der Waals surface area contributed by atoms with Crippen LogP contribution in [0, 0.1) is 0 Å². The van der Waals surface area contributed by atoms with E-state index in [1.807, 2.05) is 6.92 Å². The molecular formula is C10H18N2O3. The molecule has 1 heterocycles. The summed E-state index contributed by atoms with van der Waals surface area (Å²) in [6.07, 6.45) is 1.30. The molecule has 2 unspecified atom stereocenters. The number of rotatable bonds is 3. The molecule has 1 fully saturated rings. The molecule has 1 saturated heterocycles. The number of hydrogen-bond donors (Lipinski definition) is 2. The quantitative estimate of drug-likeness (QED) is 0.697. The Hall–Kier alpha value is -1.10. The maximum atomic E-state index is 11.8. The first kappa shape index (κ1) is 12.0. The van der Waals surface area contributed by atoms with Gasteiger partial charge in [0.05, 0.1) is 6.04 Å². The Morgan fingerprint density at radius 1 is 1.67 bits per heavy atom. The molecule has 0 aromatic carbocycles. The standard InChI is InChI=1S/C10H18N2O3/c1-7-5-6-12(2)10(15)8(11-7)3-4-9(13)14/h7-8,11H,3-6H2,1-2H3,(H,13,14). The lowest BCUT2D eigenvalue weighted by molar-refractivity contribution is -0.137. The summed E-state index contributed by atoms with van der Waals surface area (Å²) in [5.41, 5.74) is 0. The topological polar surface area (TPSA) is 69.6 Å². The second kappa shape index (κ2) is 5.11. The normalized spacial score (nSPS) is 27.6. The fourth-order valence-electron chi connectivity index (χ4n) is 1.74. The third-order valence-electron chi connectivity index (χ3n) is 2.70. The lowest BCUT2D eigenvalue weighted by atomic mass is 10.1. The maximum Gasteiger partial charge on any atom is 0.303 e. The second-order valence-electron chi connectivity index (χ2n) is 4.10. The van der Waals surface area contributed by atoms with Crippen molar-refractivity contribution in [3.63, 3.8) is 0 Å². The zero-order valence-corrected chi connectivity index (χ0v) is 9.19. The van der Waals surface area contributed by atoms with Crippen LogP contribution >= 0.6 is 0 Å². The molecule has 0 radical (unpaired) electrons. The Morgan fingerprint density at radius 2 is 2.33 bits per heavy atom. The van der Waals surface area contributed by atoms with E-state index in [4.69, 9.17) is 5.11 Å². The van der Waals surface area contributed by atoms with E-state index in [1.165, 1.54) is 0 Å². The van der Waals surface area contributed by atoms with E-state index >= 15 is 0 Å². The minimum absolute atomic E-state index is 0.000556. The van der Waals surface area contributed by atoms with E-state index < -0.39 is 5.97 Å². The molecule has 1 amide bonds. The maximum absolute atomic E-state index is 11.8. The van der Waals surface area contributed by atoms with E-state index in [2.05, 4.69) is 5.32 Å². The number of carboxylic acids is 1. The lowest BCUT2D eigenvalue weighted by Crippen LogP contribution is -2.44. The van der Waals surface area contributed by atoms with Gasteiger partial charge in [0, 0.05) is 26.1 Å². The van der Waals surface area contributed by atoms with Gasteiger partial charge in [-0.3, -0.25) is 9.59 Å². The van der Waals surface area contributed by atoms with Crippen LogP contribution in [0.3, 0.4) is 0 Å². The van der Waals surface area contributed by atoms with Gasteiger partial charge in [0.2, 0.25) is 5.91 Å². The number of hydrogen-bond acceptors (Lipinski definition) is 3. The van der Waals surface area contributed by atoms with Crippen LogP contribution in [-0.4, -0.2) is 47.6 Å². The van der Waals surface area contributed by atoms with Gasteiger partial charge >= 0.3 is 5.97 Å². The van der Waals surface area contributed by atoms with E-state index in [1.54, 1.807) is 11.9 Å². The van der Waals surface area contributed by atoms with E-state index in [9.17, 15) is 9.59 Å². The van der Waals surface area contributed by atoms with Crippen LogP contribution < -0.4 is 5.32 Å². The van der Waals surface area contributed by atoms with Crippen molar-refractivity contribution >= 4 is 11.9 Å². The van der Waals surface area contributed by atoms with Gasteiger partial charge in [-0.15, -0.1) is 0 Å². The van der Waals surface area contributed by atoms with Gasteiger partial charge in [0.1, 0.15) is 0 Å². The van der Waals surface area contributed by atoms with Gasteiger partial charge in [-0.1, -0.05) is 0 Å². The number of carbonyl (C=O) groups excluding carboxylic acids is 1. The smallest absolute Gasteiger partial charge is 0.303 e. The van der Waals surface area contributed by atoms with Crippen molar-refractivity contribution in [3.8, 4) is 0 Å². The first-order valence-corrected chi connectivity index (χ1v) is 5.23. The van der Waals surface area contributed by atoms with Crippen molar-refractivity contribution in [2.45, 2.75) is 38.3 Å². The zero-order valence-electron chi connectivity index (χ0n) is 9.19. The van der Waals surface area contributed by atoms with Crippen LogP contribution in [0.1, 0.15) is 26.2 Å². The predicted molar refractivity (Wildman–Crippen MR) is 55.5 cm³/mol. The van der Waals surface area contributed by atoms with Gasteiger partial charge in [-0.05, 0) is 19.8 Å². The minimum Gasteiger partial charge on any atom is -0.481 e. The van der Waals surface area contributed by atoms with E-state index in [0.29, 0.717) is 6.42 Å². The van der Waals surface area contributed by atoms with Crippen molar-refractivity contribution in [2.75, 3.05) is 13.6 Å². The van der Waals surface area contributed by atoms with Crippen LogP contribution in [0.4, 0.5) is 0 Å². The van der Waals surface area contributed by atoms with Crippen LogP contribution in [0.2, 0.25) is 0 Å². The highest BCUT2D eigenvalue weighted by molar-refractivity contribution is 5.82. The van der Waals surface area contributed by atoms with Crippen molar-refractivity contribution in [3.05, 3.63) is 0 Å². The fraction of sp³-hybridized carbons (Fsp3) is 0.800. The molecule has 2 atom stereocenters. The van der Waals surface area contributed by atoms with Crippen LogP contribution in [0.5, 0.6) is 0 Å². The third kappa shape index (κ3) is 3.51. The minimum atomic E-state index is -0.857. The molecule has 0 aliphatic carbocycles. The first-order chi connectivity index (χ1) is 7.00. The van der Waals surface area contributed by atoms with Crippen molar-refractivity contribution < 1.29 is 14.7 Å². The van der Waals surface area contributed by atoms with Crippen molar-refractivity contribution in [1.29, 1.82) is 0 Å². The SMILES string of the molecule is CC1CCN(C)C(=O)C(CCC(=O)O)N1. The molecule has 0 bridgehead atoms. The first-order valence-electron chi connectivity index (χ1n) is 5.23. The molecule has 1 rings (SSSR count). The average molecular weight is 214 g/mol. The molecule has 0 aromatic rings. The highest BCUT2D eigenvalue weighted by Gasteiger charge is 2.27. The summed E-state index contributed by atoms with van der Waals surface area (Å²) in [4.78, 5) is 23.9. The van der Waals surface area contributed by atoms with Crippen LogP contribution in [-0.2, 0) is 9.59 Å². The number of carbonyl (C=O) groups is 2. The Kier molecular flexibility index (Phi) is 4.08. The Labute approximate surface area is 89.4 Å². The molecule has 2 N–H and O–H groups in total. The summed E-state index contributed by atoms with van der Waals surface area (Å²) in [7, 11) is 1.76. The highest BCUT2D eigenvalue weighted by atomic mass is 16.4. The monoisotopic (exact) mass is 214 g/mol. The summed E-state index contributed by atoms with van der Waals surface area (Å²) >= 11 is 0. The Morgan fingerprint density at radius 3 is 2.93 bits per heavy atom. The summed E-state index contributed by atoms with van der Waals surface area (Å²) in [6, 6.07) is -0.0821. The summed E-state index contributed by atoms with van der Waals surface area (Å²) in [6.45, 7) is 2.75. The van der Waals surface area contributed by atoms with Gasteiger partial charge in [-0.25, -0.2) is 0 Å². The zero-order chi connectivity index (χ0) is 11.4. The molecule has 0 aromatic heterocycles. The van der Waals surface area contributed by atoms with Gasteiger partial charge < -0.3 is 15.3 Å². The van der Waals surface area contributed by atoms with Crippen LogP contribution in [0.15, 0.2) is 0 Å². The van der Waals surface area contributed by atoms with Gasteiger partial charge in [-0.2, -0.15) is 0 Å². The largest absolute Gasteiger partial charge is 0.481 e. The summed E-state index contributed by atoms with van der Waals surface area (Å²) < 4.78 is 0. The molecular weight excluding hydrogens is 196 g/mol. The number of likely N-dealkylation sites (N-methyl/N-ethyl adjacent to an activating group) is 1. The number of aliphatic carboxylic acids is 1. The number of nitrogens with zero attached hydrogens (tertiary/aromatic N) is 1. The van der Waals surface area contributed by atoms with Gasteiger partial charge in [0.25, 0.3) is 0 Å². The van der Waals surface area contributed by atoms with Crippen LogP contribution in [0.25, 0.3) is 0 Å². The average Bonchev–Trinajstić information content (AvgIpc) is 2.29. The third-order valence-corrected chi connectivity index (χ3v) is 2.70. The molecule has 5 nitrogen and oxygen atoms in total. The molecule has 5 heteroatoms. The molecule has 86 valence electrons. The molecule has 1 aliphatic heterocycles. The van der Waals surface area contributed by atoms with E-state index in [-0.39, 0.29) is 24.4 Å². The van der Waals surface area contributed by atoms with Crippen molar-refractivity contribution in [1.82, 2.24) is 10.2 Å². The molecule has 15 heavy (non-hydrogen) atoms. The summed E-state index contributed by atoms with van der Waals surface area (Å²) in [5.74, 6) is -0.857. The van der Waals surface area contributed by atoms with Crippen molar-refractivity contribution in [2.24, 2.45) is 0 Å². The van der Waals surface area contributed by atoms with Gasteiger partial charge in [0.15, 0.2) is 0 Å². The predicted octanol–water partition coefficient (Wildman–Crippen LogP) is 0.0600. The number of carboxylic acid groups (broad SMARTS) is 1. The lowest BCUT2D eigenvalue weighted by Gasteiger charge is -2.20. The highest BCUT2D eigenvalue weighted by Crippen LogP contribution is 2.09. The molecule has 0 spiro atoms. The Bertz CT molecular complexity index is 255. The number of nitrogens with one attached hydrogen (secondary N) is 1. The second-order valence-corrected chi connectivity index (χ2v) is 4.10.